The fourth-order valence-electron chi connectivity index (χ4n) is 3.77. The molecule has 0 amide bonds. The monoisotopic (exact) mass is 403 g/mol. The van der Waals surface area contributed by atoms with Crippen LogP contribution in [0.5, 0.6) is 5.75 Å². The van der Waals surface area contributed by atoms with Gasteiger partial charge in [0.2, 0.25) is 0 Å². The highest BCUT2D eigenvalue weighted by atomic mass is 19.4. The number of aliphatic hydroxyl groups is 1. The van der Waals surface area contributed by atoms with Gasteiger partial charge in [-0.25, -0.2) is 0 Å². The number of nitrogens with one attached hydrogen (secondary N) is 1. The molecule has 2 aromatic carbocycles. The largest absolute Gasteiger partial charge is 0.507 e. The Morgan fingerprint density at radius 2 is 1.69 bits per heavy atom. The lowest BCUT2D eigenvalue weighted by Crippen LogP contribution is -2.36. The van der Waals surface area contributed by atoms with Crippen LogP contribution in [0.3, 0.4) is 0 Å². The van der Waals surface area contributed by atoms with Crippen molar-refractivity contribution in [3.05, 3.63) is 48.0 Å². The van der Waals surface area contributed by atoms with Crippen molar-refractivity contribution in [1.29, 1.82) is 0 Å². The molecule has 3 N–H and O–H groups in total. The summed E-state index contributed by atoms with van der Waals surface area (Å²) in [5.41, 5.74) is -0.465. The van der Waals surface area contributed by atoms with Crippen LogP contribution < -0.4 is 5.32 Å². The molecule has 0 unspecified atom stereocenters. The van der Waals surface area contributed by atoms with Crippen LogP contribution in [0.1, 0.15) is 31.2 Å². The number of alkyl halides is 3. The number of anilines is 1. The summed E-state index contributed by atoms with van der Waals surface area (Å²) in [6.45, 7) is 0. The first-order valence-corrected chi connectivity index (χ1v) is 9.45. The number of aromatic hydroxyl groups is 1. The lowest BCUT2D eigenvalue weighted by Gasteiger charge is -2.29. The molecule has 5 nitrogen and oxygen atoms in total. The Bertz CT molecular complexity index is 1040. The Morgan fingerprint density at radius 3 is 2.38 bits per heavy atom. The van der Waals surface area contributed by atoms with Crippen LogP contribution in [0.2, 0.25) is 0 Å². The molecule has 1 aliphatic rings. The lowest BCUT2D eigenvalue weighted by molar-refractivity contribution is -0.137. The van der Waals surface area contributed by atoms with E-state index in [1.54, 1.807) is 12.1 Å². The highest BCUT2D eigenvalue weighted by Gasteiger charge is 2.31. The fraction of sp³-hybridized carbons (Fsp3) is 0.333. The molecule has 8 heteroatoms. The molecular formula is C21H20F3N3O2. The summed E-state index contributed by atoms with van der Waals surface area (Å²) >= 11 is 0. The first-order valence-electron chi connectivity index (χ1n) is 9.45. The van der Waals surface area contributed by atoms with E-state index >= 15 is 0 Å². The summed E-state index contributed by atoms with van der Waals surface area (Å²) in [6, 6.07) is 9.88. The summed E-state index contributed by atoms with van der Waals surface area (Å²) in [5.74, 6) is -0.00982. The van der Waals surface area contributed by atoms with Crippen molar-refractivity contribution >= 4 is 16.6 Å². The highest BCUT2D eigenvalue weighted by molar-refractivity contribution is 6.00. The van der Waals surface area contributed by atoms with Gasteiger partial charge in [0.05, 0.1) is 17.7 Å². The van der Waals surface area contributed by atoms with Crippen LogP contribution in [-0.4, -0.2) is 32.6 Å². The number of hydrogen-bond donors (Lipinski definition) is 3. The molecule has 4 rings (SSSR count). The van der Waals surface area contributed by atoms with Crippen LogP contribution in [0.25, 0.3) is 22.0 Å². The summed E-state index contributed by atoms with van der Waals surface area (Å²) in [7, 11) is 0. The molecule has 0 spiro atoms. The third-order valence-electron chi connectivity index (χ3n) is 5.32. The van der Waals surface area contributed by atoms with Gasteiger partial charge in [0.1, 0.15) is 11.4 Å². The predicted molar refractivity (Wildman–Crippen MR) is 104 cm³/mol. The number of phenols is 1. The van der Waals surface area contributed by atoms with Crippen molar-refractivity contribution < 1.29 is 23.4 Å². The molecule has 0 aliphatic heterocycles. The first kappa shape index (κ1) is 19.4. The summed E-state index contributed by atoms with van der Waals surface area (Å²) in [4.78, 5) is 0. The zero-order valence-electron chi connectivity index (χ0n) is 15.4. The number of hydrogen-bond acceptors (Lipinski definition) is 5. The summed E-state index contributed by atoms with van der Waals surface area (Å²) in [6.07, 6.45) is -1.48. The van der Waals surface area contributed by atoms with Gasteiger partial charge in [0.15, 0.2) is 5.82 Å². The zero-order chi connectivity index (χ0) is 20.6. The topological polar surface area (TPSA) is 78.3 Å². The first-order chi connectivity index (χ1) is 13.8. The van der Waals surface area contributed by atoms with Crippen molar-refractivity contribution in [2.75, 3.05) is 5.32 Å². The number of aliphatic hydroxyl groups excluding tert-OH is 1. The zero-order valence-corrected chi connectivity index (χ0v) is 15.4. The Hall–Kier alpha value is -2.87. The molecule has 0 bridgehead atoms. The van der Waals surface area contributed by atoms with Crippen molar-refractivity contribution in [1.82, 2.24) is 10.2 Å². The molecule has 1 fully saturated rings. The molecule has 1 saturated carbocycles. The number of benzene rings is 2. The second-order valence-corrected chi connectivity index (χ2v) is 7.28. The molecule has 3 aromatic rings. The highest BCUT2D eigenvalue weighted by Crippen LogP contribution is 2.39. The van der Waals surface area contributed by atoms with Gasteiger partial charge >= 0.3 is 6.18 Å². The Morgan fingerprint density at radius 1 is 0.966 bits per heavy atom. The van der Waals surface area contributed by atoms with Gasteiger partial charge in [0.25, 0.3) is 0 Å². The van der Waals surface area contributed by atoms with E-state index in [1.807, 2.05) is 12.1 Å². The van der Waals surface area contributed by atoms with Crippen molar-refractivity contribution in [2.45, 2.75) is 44.0 Å². The quantitative estimate of drug-likeness (QED) is 0.589. The number of rotatable bonds is 3. The average Bonchev–Trinajstić information content (AvgIpc) is 2.69. The van der Waals surface area contributed by atoms with Gasteiger partial charge < -0.3 is 15.5 Å². The molecule has 152 valence electrons. The van der Waals surface area contributed by atoms with E-state index in [0.717, 1.165) is 37.1 Å². The van der Waals surface area contributed by atoms with E-state index in [9.17, 15) is 23.4 Å². The molecular weight excluding hydrogens is 383 g/mol. The molecule has 29 heavy (non-hydrogen) atoms. The lowest BCUT2D eigenvalue weighted by atomic mass is 9.92. The molecule has 0 saturated heterocycles. The van der Waals surface area contributed by atoms with Gasteiger partial charge in [-0.2, -0.15) is 13.2 Å². The number of halogens is 3. The van der Waals surface area contributed by atoms with E-state index in [-0.39, 0.29) is 11.6 Å². The smallest absolute Gasteiger partial charge is 0.416 e. The average molecular weight is 403 g/mol. The fourth-order valence-corrected chi connectivity index (χ4v) is 3.77. The Kier molecular flexibility index (Phi) is 5.04. The molecule has 1 aromatic heterocycles. The van der Waals surface area contributed by atoms with E-state index in [0.29, 0.717) is 23.0 Å². The molecule has 1 aliphatic carbocycles. The van der Waals surface area contributed by atoms with Crippen LogP contribution in [0.15, 0.2) is 42.5 Å². The normalized spacial score (nSPS) is 20.0. The van der Waals surface area contributed by atoms with Gasteiger partial charge in [0, 0.05) is 16.3 Å². The SMILES string of the molecule is Oc1cc(C(F)(F)F)ccc1-c1nnc(N[C@H]2CCCC[C@@H]2O)c2ccccc12. The maximum atomic E-state index is 12.9. The van der Waals surface area contributed by atoms with Crippen molar-refractivity contribution in [2.24, 2.45) is 0 Å². The minimum atomic E-state index is -4.54. The minimum Gasteiger partial charge on any atom is -0.507 e. The molecule has 0 radical (unpaired) electrons. The van der Waals surface area contributed by atoms with E-state index in [1.165, 1.54) is 6.07 Å². The van der Waals surface area contributed by atoms with E-state index < -0.39 is 23.6 Å². The van der Waals surface area contributed by atoms with Gasteiger partial charge in [-0.05, 0) is 31.0 Å². The maximum Gasteiger partial charge on any atom is 0.416 e. The summed E-state index contributed by atoms with van der Waals surface area (Å²) in [5, 5.41) is 33.5. The second-order valence-electron chi connectivity index (χ2n) is 7.28. The predicted octanol–water partition coefficient (Wildman–Crippen LogP) is 4.74. The number of nitrogens with zero attached hydrogens (tertiary/aromatic N) is 2. The van der Waals surface area contributed by atoms with Gasteiger partial charge in [-0.3, -0.25) is 0 Å². The van der Waals surface area contributed by atoms with E-state index in [2.05, 4.69) is 15.5 Å². The second kappa shape index (κ2) is 7.51. The van der Waals surface area contributed by atoms with Crippen LogP contribution in [0.4, 0.5) is 19.0 Å². The number of fused-ring (bicyclic) bond motifs is 1. The van der Waals surface area contributed by atoms with Gasteiger partial charge in [-0.15, -0.1) is 10.2 Å². The van der Waals surface area contributed by atoms with Gasteiger partial charge in [-0.1, -0.05) is 37.1 Å². The standard InChI is InChI=1S/C21H20F3N3O2/c22-21(23,24)12-9-10-15(18(29)11-12)19-13-5-1-2-6-14(13)20(27-26-19)25-16-7-3-4-8-17(16)28/h1-2,5-6,9-11,16-17,28-29H,3-4,7-8H2,(H,25,27)/t16-,17-/m0/s1. The third kappa shape index (κ3) is 3.85. The van der Waals surface area contributed by atoms with Crippen LogP contribution in [0, 0.1) is 0 Å². The Labute approximate surface area is 165 Å². The molecule has 2 atom stereocenters. The third-order valence-corrected chi connectivity index (χ3v) is 5.32. The number of aromatic nitrogens is 2. The van der Waals surface area contributed by atoms with Crippen LogP contribution >= 0.6 is 0 Å². The van der Waals surface area contributed by atoms with Crippen molar-refractivity contribution in [3.63, 3.8) is 0 Å². The molecule has 1 heterocycles. The maximum absolute atomic E-state index is 12.9. The summed E-state index contributed by atoms with van der Waals surface area (Å²) < 4.78 is 38.7. The minimum absolute atomic E-state index is 0.133. The number of phenolic OH excluding ortho intramolecular Hbond substituents is 1. The van der Waals surface area contributed by atoms with E-state index in [4.69, 9.17) is 0 Å². The van der Waals surface area contributed by atoms with Crippen LogP contribution in [-0.2, 0) is 6.18 Å². The Balaban J connectivity index is 1.76. The van der Waals surface area contributed by atoms with Crippen molar-refractivity contribution in [3.8, 4) is 17.0 Å².